The van der Waals surface area contributed by atoms with Gasteiger partial charge in [0.15, 0.2) is 0 Å². The van der Waals surface area contributed by atoms with Crippen LogP contribution in [0.25, 0.3) is 0 Å². The highest BCUT2D eigenvalue weighted by molar-refractivity contribution is 9.10. The Morgan fingerprint density at radius 2 is 1.79 bits per heavy atom. The molecule has 1 nitrogen and oxygen atoms in total. The van der Waals surface area contributed by atoms with Gasteiger partial charge < -0.3 is 5.32 Å². The number of hydrogen-bond acceptors (Lipinski definition) is 1. The third-order valence-electron chi connectivity index (χ3n) is 3.43. The van der Waals surface area contributed by atoms with E-state index in [1.165, 1.54) is 16.7 Å². The van der Waals surface area contributed by atoms with Crippen LogP contribution in [0.3, 0.4) is 0 Å². The molecule has 0 aliphatic rings. The van der Waals surface area contributed by atoms with Crippen molar-refractivity contribution in [2.75, 3.05) is 5.32 Å². The fourth-order valence-electron chi connectivity index (χ4n) is 2.11. The molecule has 0 saturated carbocycles. The molecule has 0 aromatic heterocycles. The molecule has 0 radical (unpaired) electrons. The lowest BCUT2D eigenvalue weighted by atomic mass is 10.0. The Labute approximate surface area is 124 Å². The monoisotopic (exact) mass is 317 g/mol. The highest BCUT2D eigenvalue weighted by Crippen LogP contribution is 2.24. The number of halogens is 1. The fourth-order valence-corrected chi connectivity index (χ4v) is 2.36. The molecule has 1 N–H and O–H groups in total. The minimum atomic E-state index is 0.312. The zero-order valence-electron chi connectivity index (χ0n) is 11.7. The summed E-state index contributed by atoms with van der Waals surface area (Å²) in [5, 5.41) is 3.54. The number of benzene rings is 2. The fraction of sp³-hybridized carbons (Fsp3) is 0.294. The van der Waals surface area contributed by atoms with Crippen LogP contribution in [0, 0.1) is 6.92 Å². The van der Waals surface area contributed by atoms with Gasteiger partial charge in [-0.2, -0.15) is 0 Å². The van der Waals surface area contributed by atoms with Crippen molar-refractivity contribution in [3.05, 3.63) is 63.6 Å². The lowest BCUT2D eigenvalue weighted by Gasteiger charge is -2.17. The van der Waals surface area contributed by atoms with Crippen LogP contribution in [-0.2, 0) is 6.42 Å². The van der Waals surface area contributed by atoms with Gasteiger partial charge in [0, 0.05) is 16.2 Å². The normalized spacial score (nSPS) is 12.2. The first-order chi connectivity index (χ1) is 9.10. The minimum absolute atomic E-state index is 0.312. The van der Waals surface area contributed by atoms with Crippen molar-refractivity contribution in [2.45, 2.75) is 33.2 Å². The largest absolute Gasteiger partial charge is 0.379 e. The van der Waals surface area contributed by atoms with E-state index in [2.05, 4.69) is 84.5 Å². The molecule has 0 bridgehead atoms. The van der Waals surface area contributed by atoms with Gasteiger partial charge in [-0.1, -0.05) is 47.1 Å². The van der Waals surface area contributed by atoms with Crippen molar-refractivity contribution >= 4 is 21.6 Å². The molecular formula is C17H20BrN. The molecule has 2 aromatic rings. The van der Waals surface area contributed by atoms with E-state index in [0.29, 0.717) is 6.04 Å². The summed E-state index contributed by atoms with van der Waals surface area (Å²) >= 11 is 3.53. The molecule has 0 amide bonds. The third-order valence-corrected chi connectivity index (χ3v) is 4.32. The van der Waals surface area contributed by atoms with Crippen molar-refractivity contribution in [2.24, 2.45) is 0 Å². The van der Waals surface area contributed by atoms with Gasteiger partial charge in [-0.25, -0.2) is 0 Å². The summed E-state index contributed by atoms with van der Waals surface area (Å²) < 4.78 is 1.15. The maximum absolute atomic E-state index is 3.54. The van der Waals surface area contributed by atoms with Crippen molar-refractivity contribution in [3.63, 3.8) is 0 Å². The van der Waals surface area contributed by atoms with Crippen molar-refractivity contribution in [3.8, 4) is 0 Å². The molecule has 0 heterocycles. The van der Waals surface area contributed by atoms with Crippen LogP contribution in [-0.4, -0.2) is 0 Å². The Morgan fingerprint density at radius 3 is 2.37 bits per heavy atom. The average molecular weight is 318 g/mol. The summed E-state index contributed by atoms with van der Waals surface area (Å²) in [6.07, 6.45) is 1.09. The van der Waals surface area contributed by atoms with E-state index in [4.69, 9.17) is 0 Å². The molecule has 0 spiro atoms. The first-order valence-corrected chi connectivity index (χ1v) is 7.51. The molecule has 2 rings (SSSR count). The number of hydrogen-bond donors (Lipinski definition) is 1. The van der Waals surface area contributed by atoms with Crippen molar-refractivity contribution < 1.29 is 0 Å². The molecular weight excluding hydrogens is 298 g/mol. The van der Waals surface area contributed by atoms with Crippen LogP contribution in [0.4, 0.5) is 5.69 Å². The zero-order valence-corrected chi connectivity index (χ0v) is 13.3. The van der Waals surface area contributed by atoms with E-state index in [9.17, 15) is 0 Å². The Kier molecular flexibility index (Phi) is 4.65. The van der Waals surface area contributed by atoms with E-state index < -0.39 is 0 Å². The predicted molar refractivity (Wildman–Crippen MR) is 86.7 cm³/mol. The van der Waals surface area contributed by atoms with Gasteiger partial charge in [0.25, 0.3) is 0 Å². The highest BCUT2D eigenvalue weighted by Gasteiger charge is 2.06. The van der Waals surface area contributed by atoms with Gasteiger partial charge in [-0.3, -0.25) is 0 Å². The first-order valence-electron chi connectivity index (χ1n) is 6.71. The molecule has 100 valence electrons. The lowest BCUT2D eigenvalue weighted by molar-refractivity contribution is 0.882. The maximum Gasteiger partial charge on any atom is 0.0485 e. The zero-order chi connectivity index (χ0) is 13.8. The summed E-state index contributed by atoms with van der Waals surface area (Å²) in [5.74, 6) is 0. The summed E-state index contributed by atoms with van der Waals surface area (Å²) in [4.78, 5) is 0. The summed E-state index contributed by atoms with van der Waals surface area (Å²) in [6, 6.07) is 15.5. The third kappa shape index (κ3) is 3.60. The second-order valence-electron chi connectivity index (χ2n) is 4.93. The van der Waals surface area contributed by atoms with Crippen LogP contribution in [0.1, 0.15) is 36.6 Å². The van der Waals surface area contributed by atoms with Gasteiger partial charge >= 0.3 is 0 Å². The van der Waals surface area contributed by atoms with Gasteiger partial charge in [0.2, 0.25) is 0 Å². The van der Waals surface area contributed by atoms with E-state index >= 15 is 0 Å². The quantitative estimate of drug-likeness (QED) is 0.785. The second kappa shape index (κ2) is 6.25. The number of anilines is 1. The molecule has 0 saturated heterocycles. The van der Waals surface area contributed by atoms with E-state index in [-0.39, 0.29) is 0 Å². The SMILES string of the molecule is CCc1ccc(C(C)Nc2ccc(Br)c(C)c2)cc1. The lowest BCUT2D eigenvalue weighted by Crippen LogP contribution is -2.06. The molecule has 19 heavy (non-hydrogen) atoms. The Bertz CT molecular complexity index is 546. The minimum Gasteiger partial charge on any atom is -0.379 e. The molecule has 2 aromatic carbocycles. The van der Waals surface area contributed by atoms with Crippen LogP contribution in [0.2, 0.25) is 0 Å². The Hall–Kier alpha value is -1.28. The standard InChI is InChI=1S/C17H20BrN/c1-4-14-5-7-15(8-6-14)13(3)19-16-9-10-17(18)12(2)11-16/h5-11,13,19H,4H2,1-3H3. The van der Waals surface area contributed by atoms with Gasteiger partial charge in [-0.05, 0) is 55.2 Å². The van der Waals surface area contributed by atoms with Gasteiger partial charge in [-0.15, -0.1) is 0 Å². The molecule has 1 atom stereocenters. The Balaban J connectivity index is 2.10. The van der Waals surface area contributed by atoms with Gasteiger partial charge in [0.05, 0.1) is 0 Å². The van der Waals surface area contributed by atoms with E-state index in [1.54, 1.807) is 0 Å². The van der Waals surface area contributed by atoms with Crippen molar-refractivity contribution in [1.82, 2.24) is 0 Å². The number of nitrogens with one attached hydrogen (secondary N) is 1. The molecule has 0 aliphatic carbocycles. The number of aryl methyl sites for hydroxylation is 2. The smallest absolute Gasteiger partial charge is 0.0485 e. The molecule has 2 heteroatoms. The average Bonchev–Trinajstić information content (AvgIpc) is 2.43. The first kappa shape index (κ1) is 14.1. The van der Waals surface area contributed by atoms with E-state index in [0.717, 1.165) is 16.6 Å². The maximum atomic E-state index is 3.54. The molecule has 0 aliphatic heterocycles. The topological polar surface area (TPSA) is 12.0 Å². The van der Waals surface area contributed by atoms with Crippen LogP contribution in [0.15, 0.2) is 46.9 Å². The van der Waals surface area contributed by atoms with E-state index in [1.807, 2.05) is 0 Å². The summed E-state index contributed by atoms with van der Waals surface area (Å²) in [6.45, 7) is 6.48. The highest BCUT2D eigenvalue weighted by atomic mass is 79.9. The van der Waals surface area contributed by atoms with Crippen molar-refractivity contribution in [1.29, 1.82) is 0 Å². The second-order valence-corrected chi connectivity index (χ2v) is 5.78. The summed E-state index contributed by atoms with van der Waals surface area (Å²) in [5.41, 5.74) is 5.11. The van der Waals surface area contributed by atoms with Gasteiger partial charge in [0.1, 0.15) is 0 Å². The Morgan fingerprint density at radius 1 is 1.11 bits per heavy atom. The summed E-state index contributed by atoms with van der Waals surface area (Å²) in [7, 11) is 0. The van der Waals surface area contributed by atoms with Crippen LogP contribution in [0.5, 0.6) is 0 Å². The molecule has 1 unspecified atom stereocenters. The predicted octanol–water partition coefficient (Wildman–Crippen LogP) is 5.49. The number of rotatable bonds is 4. The van der Waals surface area contributed by atoms with Crippen LogP contribution < -0.4 is 5.32 Å². The molecule has 0 fully saturated rings. The van der Waals surface area contributed by atoms with Crippen LogP contribution >= 0.6 is 15.9 Å².